The van der Waals surface area contributed by atoms with Crippen molar-refractivity contribution in [3.63, 3.8) is 0 Å². The number of hydrogen-bond acceptors (Lipinski definition) is 7. The predicted molar refractivity (Wildman–Crippen MR) is 120 cm³/mol. The molecule has 0 aliphatic rings. The van der Waals surface area contributed by atoms with Crippen molar-refractivity contribution in [2.24, 2.45) is 5.92 Å². The molecule has 1 unspecified atom stereocenters. The molecule has 0 aliphatic carbocycles. The van der Waals surface area contributed by atoms with Crippen molar-refractivity contribution in [3.8, 4) is 23.3 Å². The summed E-state index contributed by atoms with van der Waals surface area (Å²) < 4.78 is 15.6. The number of anilines is 1. The maximum Gasteiger partial charge on any atom is 0.269 e. The third-order valence-corrected chi connectivity index (χ3v) is 4.61. The van der Waals surface area contributed by atoms with Crippen LogP contribution in [0.4, 0.5) is 5.69 Å². The van der Waals surface area contributed by atoms with Crippen molar-refractivity contribution in [2.75, 3.05) is 26.6 Å². The summed E-state index contributed by atoms with van der Waals surface area (Å²) in [4.78, 5) is 36.8. The van der Waals surface area contributed by atoms with Crippen LogP contribution in [0, 0.1) is 17.2 Å². The highest BCUT2D eigenvalue weighted by atomic mass is 16.5. The summed E-state index contributed by atoms with van der Waals surface area (Å²) in [6.07, 6.45) is 0.130. The lowest BCUT2D eigenvalue weighted by molar-refractivity contribution is -0.123. The van der Waals surface area contributed by atoms with E-state index >= 15 is 0 Å². The van der Waals surface area contributed by atoms with Crippen LogP contribution in [0.25, 0.3) is 0 Å². The van der Waals surface area contributed by atoms with Crippen LogP contribution >= 0.6 is 0 Å². The summed E-state index contributed by atoms with van der Waals surface area (Å²) >= 11 is 0. The minimum Gasteiger partial charge on any atom is -0.493 e. The van der Waals surface area contributed by atoms with Gasteiger partial charge in [-0.1, -0.05) is 6.92 Å². The zero-order valence-corrected chi connectivity index (χ0v) is 18.9. The van der Waals surface area contributed by atoms with E-state index < -0.39 is 11.8 Å². The van der Waals surface area contributed by atoms with Gasteiger partial charge in [-0.15, -0.1) is 0 Å². The zero-order valence-electron chi connectivity index (χ0n) is 18.9. The van der Waals surface area contributed by atoms with Gasteiger partial charge in [-0.3, -0.25) is 25.2 Å². The fraction of sp³-hybridized carbons (Fsp3) is 0.304. The highest BCUT2D eigenvalue weighted by Gasteiger charge is 2.18. The van der Waals surface area contributed by atoms with Crippen LogP contribution in [0.3, 0.4) is 0 Å². The van der Waals surface area contributed by atoms with Crippen LogP contribution in [0.15, 0.2) is 36.4 Å². The summed E-state index contributed by atoms with van der Waals surface area (Å²) in [6.45, 7) is 1.75. The first-order valence-corrected chi connectivity index (χ1v) is 10.0. The van der Waals surface area contributed by atoms with Crippen LogP contribution in [-0.4, -0.2) is 39.1 Å². The molecule has 0 radical (unpaired) electrons. The van der Waals surface area contributed by atoms with Crippen molar-refractivity contribution in [3.05, 3.63) is 47.5 Å². The van der Waals surface area contributed by atoms with E-state index in [0.717, 1.165) is 0 Å². The van der Waals surface area contributed by atoms with E-state index in [9.17, 15) is 14.4 Å². The first-order valence-electron chi connectivity index (χ1n) is 10.0. The van der Waals surface area contributed by atoms with E-state index in [0.29, 0.717) is 28.5 Å². The molecule has 0 spiro atoms. The van der Waals surface area contributed by atoms with Crippen molar-refractivity contribution in [1.29, 1.82) is 5.26 Å². The van der Waals surface area contributed by atoms with Gasteiger partial charge < -0.3 is 19.5 Å². The number of ether oxygens (including phenoxy) is 3. The molecule has 1 atom stereocenters. The number of carbonyl (C=O) groups is 3. The Hall–Kier alpha value is -4.26. The molecule has 33 heavy (non-hydrogen) atoms. The van der Waals surface area contributed by atoms with Gasteiger partial charge in [0.25, 0.3) is 5.91 Å². The van der Waals surface area contributed by atoms with Gasteiger partial charge >= 0.3 is 0 Å². The Balaban J connectivity index is 1.85. The Morgan fingerprint density at radius 1 is 0.909 bits per heavy atom. The predicted octanol–water partition coefficient (Wildman–Crippen LogP) is 2.40. The summed E-state index contributed by atoms with van der Waals surface area (Å²) in [6, 6.07) is 11.4. The minimum atomic E-state index is -0.575. The minimum absolute atomic E-state index is 0.0241. The molecule has 0 aliphatic heterocycles. The van der Waals surface area contributed by atoms with Crippen LogP contribution in [0.1, 0.15) is 35.7 Å². The monoisotopic (exact) mass is 454 g/mol. The van der Waals surface area contributed by atoms with E-state index in [-0.39, 0.29) is 30.2 Å². The third kappa shape index (κ3) is 7.14. The van der Waals surface area contributed by atoms with Crippen LogP contribution < -0.4 is 30.4 Å². The second-order valence-electron chi connectivity index (χ2n) is 7.17. The molecule has 2 rings (SSSR count). The second-order valence-corrected chi connectivity index (χ2v) is 7.17. The number of nitrogens with one attached hydrogen (secondary N) is 3. The molecular formula is C23H26N4O6. The Bertz CT molecular complexity index is 1020. The summed E-state index contributed by atoms with van der Waals surface area (Å²) in [5, 5.41) is 11.5. The normalized spacial score (nSPS) is 10.9. The van der Waals surface area contributed by atoms with Gasteiger partial charge in [0.15, 0.2) is 11.5 Å². The molecule has 0 saturated heterocycles. The van der Waals surface area contributed by atoms with Crippen molar-refractivity contribution in [2.45, 2.75) is 19.8 Å². The molecule has 0 bridgehead atoms. The van der Waals surface area contributed by atoms with E-state index in [1.54, 1.807) is 31.2 Å². The summed E-state index contributed by atoms with van der Waals surface area (Å²) in [5.74, 6) is -0.620. The largest absolute Gasteiger partial charge is 0.493 e. The van der Waals surface area contributed by atoms with Gasteiger partial charge in [-0.05, 0) is 42.3 Å². The Morgan fingerprint density at radius 3 is 2.00 bits per heavy atom. The Morgan fingerprint density at radius 2 is 1.48 bits per heavy atom. The SMILES string of the molecule is COc1cc(C(=O)NNC(=O)CC(C)CC(=O)Nc2ccc(C#N)cc2)cc(OC)c1OC. The lowest BCUT2D eigenvalue weighted by atomic mass is 10.0. The maximum absolute atomic E-state index is 12.4. The molecule has 0 aromatic heterocycles. The molecule has 3 N–H and O–H groups in total. The van der Waals surface area contributed by atoms with E-state index in [4.69, 9.17) is 19.5 Å². The maximum atomic E-state index is 12.4. The lowest BCUT2D eigenvalue weighted by Gasteiger charge is -2.15. The van der Waals surface area contributed by atoms with Gasteiger partial charge in [0.05, 0.1) is 33.0 Å². The number of nitrogens with zero attached hydrogens (tertiary/aromatic N) is 1. The number of amides is 3. The van der Waals surface area contributed by atoms with Gasteiger partial charge in [0.1, 0.15) is 0 Å². The second kappa shape index (κ2) is 12.0. The quantitative estimate of drug-likeness (QED) is 0.495. The van der Waals surface area contributed by atoms with Gasteiger partial charge in [-0.25, -0.2) is 0 Å². The Kier molecular flexibility index (Phi) is 9.06. The molecule has 10 nitrogen and oxygen atoms in total. The van der Waals surface area contributed by atoms with Crippen LogP contribution in [0.2, 0.25) is 0 Å². The van der Waals surface area contributed by atoms with E-state index in [2.05, 4.69) is 16.2 Å². The number of nitriles is 1. The first kappa shape index (κ1) is 25.0. The summed E-state index contributed by atoms with van der Waals surface area (Å²) in [7, 11) is 4.31. The fourth-order valence-corrected chi connectivity index (χ4v) is 3.01. The number of benzene rings is 2. The molecule has 174 valence electrons. The molecular weight excluding hydrogens is 428 g/mol. The van der Waals surface area contributed by atoms with Crippen LogP contribution in [0.5, 0.6) is 17.2 Å². The molecule has 0 heterocycles. The van der Waals surface area contributed by atoms with Gasteiger partial charge in [0.2, 0.25) is 17.6 Å². The van der Waals surface area contributed by atoms with Gasteiger partial charge in [-0.2, -0.15) is 5.26 Å². The number of hydrogen-bond donors (Lipinski definition) is 3. The van der Waals surface area contributed by atoms with Crippen molar-refractivity contribution < 1.29 is 28.6 Å². The van der Waals surface area contributed by atoms with E-state index in [1.165, 1.54) is 33.5 Å². The number of hydrazine groups is 1. The average Bonchev–Trinajstić information content (AvgIpc) is 2.81. The average molecular weight is 454 g/mol. The summed E-state index contributed by atoms with van der Waals surface area (Å²) in [5.41, 5.74) is 5.92. The fourth-order valence-electron chi connectivity index (χ4n) is 3.01. The molecule has 2 aromatic rings. The highest BCUT2D eigenvalue weighted by Crippen LogP contribution is 2.38. The van der Waals surface area contributed by atoms with Crippen molar-refractivity contribution in [1.82, 2.24) is 10.9 Å². The van der Waals surface area contributed by atoms with Crippen LogP contribution in [-0.2, 0) is 9.59 Å². The lowest BCUT2D eigenvalue weighted by Crippen LogP contribution is -2.42. The third-order valence-electron chi connectivity index (χ3n) is 4.61. The molecule has 0 saturated carbocycles. The zero-order chi connectivity index (χ0) is 24.4. The highest BCUT2D eigenvalue weighted by molar-refractivity contribution is 5.96. The molecule has 0 fully saturated rings. The smallest absolute Gasteiger partial charge is 0.269 e. The topological polar surface area (TPSA) is 139 Å². The molecule has 2 aromatic carbocycles. The van der Waals surface area contributed by atoms with E-state index in [1.807, 2.05) is 6.07 Å². The first-order chi connectivity index (χ1) is 15.8. The number of methoxy groups -OCH3 is 3. The van der Waals surface area contributed by atoms with Crippen molar-refractivity contribution >= 4 is 23.4 Å². The molecule has 3 amide bonds. The standard InChI is InChI=1S/C23H26N4O6/c1-14(9-20(28)25-17-7-5-15(13-24)6-8-17)10-21(29)26-27-23(30)16-11-18(31-2)22(33-4)19(12-16)32-3/h5-8,11-12,14H,9-10H2,1-4H3,(H,25,28)(H,26,29)(H,27,30). The molecule has 10 heteroatoms. The Labute approximate surface area is 191 Å². The number of carbonyl (C=O) groups excluding carboxylic acids is 3. The van der Waals surface area contributed by atoms with Gasteiger partial charge in [0, 0.05) is 24.1 Å². The number of rotatable bonds is 9.